The predicted molar refractivity (Wildman–Crippen MR) is 70.0 cm³/mol. The number of benzene rings is 1. The molecule has 1 N–H and O–H groups in total. The van der Waals surface area contributed by atoms with Crippen molar-refractivity contribution in [3.8, 4) is 11.3 Å². The Hall–Kier alpha value is -1.40. The fraction of sp³-hybridized carbons (Fsp3) is 0.0909. The van der Waals surface area contributed by atoms with Crippen LogP contribution in [0.25, 0.3) is 11.3 Å². The molecule has 0 aliphatic heterocycles. The molecule has 0 radical (unpaired) electrons. The highest BCUT2D eigenvalue weighted by molar-refractivity contribution is 7.96. The Bertz CT molecular complexity index is 525. The quantitative estimate of drug-likeness (QED) is 0.838. The largest absolute Gasteiger partial charge is 0.354 e. The Kier molecular flexibility index (Phi) is 3.75. The molecule has 6 heteroatoms. The van der Waals surface area contributed by atoms with Gasteiger partial charge in [0, 0.05) is 10.9 Å². The number of nitrogens with zero attached hydrogens (tertiary/aromatic N) is 1. The second-order valence-electron chi connectivity index (χ2n) is 3.29. The molecule has 0 saturated carbocycles. The molecule has 0 aliphatic rings. The Morgan fingerprint density at radius 1 is 1.41 bits per heavy atom. The number of carbonyl (C=O) groups is 1. The first-order valence-electron chi connectivity index (χ1n) is 4.82. The summed E-state index contributed by atoms with van der Waals surface area (Å²) in [6.07, 6.45) is 0. The number of halogens is 1. The van der Waals surface area contributed by atoms with Crippen LogP contribution in [0.5, 0.6) is 0 Å². The van der Waals surface area contributed by atoms with Gasteiger partial charge in [-0.2, -0.15) is 0 Å². The number of hydrogen-bond acceptors (Lipinski definition) is 4. The number of anilines is 1. The summed E-state index contributed by atoms with van der Waals surface area (Å²) in [6.45, 7) is 0.138. The predicted octanol–water partition coefficient (Wildman–Crippen LogP) is 2.82. The van der Waals surface area contributed by atoms with Crippen LogP contribution in [0.4, 0.5) is 9.52 Å². The Morgan fingerprint density at radius 3 is 2.76 bits per heavy atom. The smallest absolute Gasteiger partial charge is 0.205 e. The molecule has 0 fully saturated rings. The zero-order chi connectivity index (χ0) is 12.3. The standard InChI is InChI=1S/C11H9FN2OS2/c12-8-3-1-7(2-4-8)9-6-17-11(14-9)13-5-10(15)16/h1-4,6H,5H2,(H,13,14)(H,15,16). The van der Waals surface area contributed by atoms with Crippen molar-refractivity contribution in [2.45, 2.75) is 0 Å². The molecule has 0 spiro atoms. The van der Waals surface area contributed by atoms with E-state index in [1.54, 1.807) is 12.1 Å². The molecule has 17 heavy (non-hydrogen) atoms. The third kappa shape index (κ3) is 3.28. The molecule has 2 rings (SSSR count). The highest BCUT2D eigenvalue weighted by Crippen LogP contribution is 2.24. The van der Waals surface area contributed by atoms with E-state index in [0.29, 0.717) is 5.13 Å². The molecule has 88 valence electrons. The summed E-state index contributed by atoms with van der Waals surface area (Å²) in [5.41, 5.74) is 1.59. The number of aromatic nitrogens is 1. The van der Waals surface area contributed by atoms with Crippen molar-refractivity contribution in [1.29, 1.82) is 0 Å². The monoisotopic (exact) mass is 268 g/mol. The van der Waals surface area contributed by atoms with E-state index in [1.807, 2.05) is 5.38 Å². The lowest BCUT2D eigenvalue weighted by Gasteiger charge is -1.97. The molecule has 0 unspecified atom stereocenters. The van der Waals surface area contributed by atoms with E-state index in [-0.39, 0.29) is 17.5 Å². The molecule has 0 aliphatic carbocycles. The molecule has 1 aromatic carbocycles. The molecular formula is C11H9FN2OS2. The summed E-state index contributed by atoms with van der Waals surface area (Å²) in [5.74, 6) is -0.275. The van der Waals surface area contributed by atoms with E-state index in [0.717, 1.165) is 11.3 Å². The van der Waals surface area contributed by atoms with Gasteiger partial charge in [0.15, 0.2) is 5.13 Å². The summed E-state index contributed by atoms with van der Waals surface area (Å²) in [5, 5.41) is 5.10. The molecule has 1 aromatic heterocycles. The minimum absolute atomic E-state index is 0.138. The van der Waals surface area contributed by atoms with Gasteiger partial charge in [0.1, 0.15) is 5.82 Å². The van der Waals surface area contributed by atoms with Crippen molar-refractivity contribution in [1.82, 2.24) is 4.98 Å². The highest BCUT2D eigenvalue weighted by Gasteiger charge is 2.05. The summed E-state index contributed by atoms with van der Waals surface area (Å²) in [4.78, 5) is 14.9. The maximum absolute atomic E-state index is 12.7. The average molecular weight is 268 g/mol. The Labute approximate surface area is 107 Å². The number of hydrogen-bond donors (Lipinski definition) is 2. The van der Waals surface area contributed by atoms with Gasteiger partial charge in [-0.3, -0.25) is 4.79 Å². The third-order valence-electron chi connectivity index (χ3n) is 2.04. The molecule has 0 amide bonds. The minimum Gasteiger partial charge on any atom is -0.354 e. The zero-order valence-electron chi connectivity index (χ0n) is 8.68. The lowest BCUT2D eigenvalue weighted by atomic mass is 10.2. The molecule has 3 nitrogen and oxygen atoms in total. The minimum atomic E-state index is -0.275. The van der Waals surface area contributed by atoms with Gasteiger partial charge in [0.2, 0.25) is 5.12 Å². The van der Waals surface area contributed by atoms with E-state index >= 15 is 0 Å². The maximum Gasteiger partial charge on any atom is 0.205 e. The topological polar surface area (TPSA) is 42.0 Å². The lowest BCUT2D eigenvalue weighted by molar-refractivity contribution is -0.109. The normalized spacial score (nSPS) is 10.2. The van der Waals surface area contributed by atoms with Crippen molar-refractivity contribution in [3.63, 3.8) is 0 Å². The SMILES string of the molecule is O=C(S)CNc1nc(-c2ccc(F)cc2)cs1. The summed E-state index contributed by atoms with van der Waals surface area (Å²) < 4.78 is 12.7. The van der Waals surface area contributed by atoms with Gasteiger partial charge in [0.05, 0.1) is 12.2 Å². The van der Waals surface area contributed by atoms with Crippen LogP contribution in [0, 0.1) is 5.82 Å². The maximum atomic E-state index is 12.7. The van der Waals surface area contributed by atoms with E-state index in [4.69, 9.17) is 0 Å². The Balaban J connectivity index is 2.12. The second kappa shape index (κ2) is 5.29. The van der Waals surface area contributed by atoms with E-state index in [2.05, 4.69) is 22.9 Å². The number of thiazole rings is 1. The van der Waals surface area contributed by atoms with E-state index in [1.165, 1.54) is 23.5 Å². The number of thiol groups is 1. The van der Waals surface area contributed by atoms with Crippen LogP contribution in [-0.4, -0.2) is 16.6 Å². The van der Waals surface area contributed by atoms with Crippen molar-refractivity contribution in [3.05, 3.63) is 35.5 Å². The van der Waals surface area contributed by atoms with Crippen molar-refractivity contribution in [2.75, 3.05) is 11.9 Å². The molecule has 0 saturated heterocycles. The van der Waals surface area contributed by atoms with Crippen LogP contribution in [0.3, 0.4) is 0 Å². The number of nitrogens with one attached hydrogen (secondary N) is 1. The van der Waals surface area contributed by atoms with Crippen LogP contribution in [0.2, 0.25) is 0 Å². The first kappa shape index (κ1) is 12.1. The van der Waals surface area contributed by atoms with Gasteiger partial charge in [-0.05, 0) is 24.3 Å². The zero-order valence-corrected chi connectivity index (χ0v) is 10.4. The fourth-order valence-electron chi connectivity index (χ4n) is 1.26. The molecule has 0 bridgehead atoms. The first-order chi connectivity index (χ1) is 8.15. The van der Waals surface area contributed by atoms with Crippen molar-refractivity contribution < 1.29 is 9.18 Å². The number of rotatable bonds is 4. The van der Waals surface area contributed by atoms with Crippen LogP contribution in [-0.2, 0) is 4.79 Å². The summed E-state index contributed by atoms with van der Waals surface area (Å²) in [7, 11) is 0. The first-order valence-corrected chi connectivity index (χ1v) is 6.15. The van der Waals surface area contributed by atoms with Gasteiger partial charge < -0.3 is 5.32 Å². The number of carbonyl (C=O) groups excluding carboxylic acids is 1. The average Bonchev–Trinajstić information content (AvgIpc) is 2.76. The third-order valence-corrected chi connectivity index (χ3v) is 2.99. The van der Waals surface area contributed by atoms with Crippen molar-refractivity contribution in [2.24, 2.45) is 0 Å². The Morgan fingerprint density at radius 2 is 2.12 bits per heavy atom. The van der Waals surface area contributed by atoms with Gasteiger partial charge >= 0.3 is 0 Å². The van der Waals surface area contributed by atoms with Gasteiger partial charge in [0.25, 0.3) is 0 Å². The van der Waals surface area contributed by atoms with Gasteiger partial charge in [-0.25, -0.2) is 9.37 Å². The van der Waals surface area contributed by atoms with Gasteiger partial charge in [-0.1, -0.05) is 0 Å². The van der Waals surface area contributed by atoms with Crippen LogP contribution < -0.4 is 5.32 Å². The van der Waals surface area contributed by atoms with E-state index in [9.17, 15) is 9.18 Å². The summed E-state index contributed by atoms with van der Waals surface area (Å²) >= 11 is 5.04. The van der Waals surface area contributed by atoms with Gasteiger partial charge in [-0.15, -0.1) is 24.0 Å². The van der Waals surface area contributed by atoms with Crippen LogP contribution in [0.1, 0.15) is 0 Å². The highest BCUT2D eigenvalue weighted by atomic mass is 32.1. The van der Waals surface area contributed by atoms with E-state index < -0.39 is 0 Å². The molecular weight excluding hydrogens is 259 g/mol. The molecule has 0 atom stereocenters. The second-order valence-corrected chi connectivity index (χ2v) is 4.65. The lowest BCUT2D eigenvalue weighted by Crippen LogP contribution is -2.07. The molecule has 1 heterocycles. The van der Waals surface area contributed by atoms with Crippen molar-refractivity contribution >= 4 is 34.2 Å². The van der Waals surface area contributed by atoms with Crippen LogP contribution >= 0.6 is 24.0 Å². The fourth-order valence-corrected chi connectivity index (χ4v) is 2.06. The summed E-state index contributed by atoms with van der Waals surface area (Å²) in [6, 6.07) is 6.11. The molecule has 2 aromatic rings. The van der Waals surface area contributed by atoms with Crippen LogP contribution in [0.15, 0.2) is 29.6 Å².